The number of benzene rings is 1. The highest BCUT2D eigenvalue weighted by atomic mass is 32.1. The summed E-state index contributed by atoms with van der Waals surface area (Å²) in [5.41, 5.74) is 3.12. The zero-order valence-corrected chi connectivity index (χ0v) is 19.8. The fourth-order valence-corrected chi connectivity index (χ4v) is 5.25. The summed E-state index contributed by atoms with van der Waals surface area (Å²) < 4.78 is 13.3. The first-order valence-corrected chi connectivity index (χ1v) is 12.0. The third kappa shape index (κ3) is 4.07. The Morgan fingerprint density at radius 1 is 1.03 bits per heavy atom. The lowest BCUT2D eigenvalue weighted by molar-refractivity contribution is 0.122. The van der Waals surface area contributed by atoms with Crippen molar-refractivity contribution in [2.45, 2.75) is 0 Å². The molecule has 0 saturated carbocycles. The molecular formula is C25H22N6O3S. The molecule has 5 heterocycles. The Morgan fingerprint density at radius 3 is 2.66 bits per heavy atom. The lowest BCUT2D eigenvalue weighted by Crippen LogP contribution is -2.37. The highest BCUT2D eigenvalue weighted by Gasteiger charge is 2.21. The van der Waals surface area contributed by atoms with Gasteiger partial charge >= 0.3 is 0 Å². The van der Waals surface area contributed by atoms with E-state index in [4.69, 9.17) is 19.4 Å². The van der Waals surface area contributed by atoms with Crippen molar-refractivity contribution in [3.8, 4) is 33.4 Å². The quantitative estimate of drug-likeness (QED) is 0.404. The molecule has 0 aliphatic carbocycles. The van der Waals surface area contributed by atoms with Crippen molar-refractivity contribution in [2.24, 2.45) is 0 Å². The number of aromatic nitrogens is 5. The molecule has 35 heavy (non-hydrogen) atoms. The van der Waals surface area contributed by atoms with Crippen molar-refractivity contribution in [1.82, 2.24) is 24.7 Å². The average molecular weight is 487 g/mol. The number of pyridine rings is 1. The third-order valence-corrected chi connectivity index (χ3v) is 7.09. The maximum Gasteiger partial charge on any atom is 0.274 e. The van der Waals surface area contributed by atoms with Gasteiger partial charge in [-0.3, -0.25) is 14.9 Å². The molecule has 0 unspecified atom stereocenters. The predicted molar refractivity (Wildman–Crippen MR) is 136 cm³/mol. The van der Waals surface area contributed by atoms with Gasteiger partial charge in [-0.2, -0.15) is 9.67 Å². The van der Waals surface area contributed by atoms with Crippen LogP contribution in [0, 0.1) is 0 Å². The highest BCUT2D eigenvalue weighted by Crippen LogP contribution is 2.37. The lowest BCUT2D eigenvalue weighted by atomic mass is 10.1. The van der Waals surface area contributed by atoms with Gasteiger partial charge in [0.25, 0.3) is 11.5 Å². The number of aromatic amines is 1. The number of ether oxygens (including phenoxy) is 2. The number of morpholine rings is 1. The first kappa shape index (κ1) is 21.5. The molecule has 0 radical (unpaired) electrons. The van der Waals surface area contributed by atoms with Crippen molar-refractivity contribution >= 4 is 27.4 Å². The molecule has 1 N–H and O–H groups in total. The van der Waals surface area contributed by atoms with Gasteiger partial charge in [-0.15, -0.1) is 11.3 Å². The van der Waals surface area contributed by atoms with Gasteiger partial charge < -0.3 is 14.4 Å². The van der Waals surface area contributed by atoms with E-state index >= 15 is 0 Å². The Labute approximate surface area is 204 Å². The second-order valence-electron chi connectivity index (χ2n) is 8.08. The SMILES string of the molecule is COc1cccc(-c2cc(=O)n(-c3nc(N4CCOCC4)c4sc(-c5ccncc5)cc4n3)[nH]2)c1. The minimum atomic E-state index is -0.236. The van der Waals surface area contributed by atoms with Crippen LogP contribution in [0.1, 0.15) is 0 Å². The van der Waals surface area contributed by atoms with Gasteiger partial charge in [0, 0.05) is 42.0 Å². The van der Waals surface area contributed by atoms with Crippen LogP contribution in [-0.4, -0.2) is 58.1 Å². The first-order valence-electron chi connectivity index (χ1n) is 11.2. The Kier molecular flexibility index (Phi) is 5.51. The van der Waals surface area contributed by atoms with E-state index in [2.05, 4.69) is 15.0 Å². The fraction of sp³-hybridized carbons (Fsp3) is 0.200. The van der Waals surface area contributed by atoms with Gasteiger partial charge in [-0.1, -0.05) is 12.1 Å². The van der Waals surface area contributed by atoms with E-state index in [1.54, 1.807) is 36.9 Å². The second-order valence-corrected chi connectivity index (χ2v) is 9.14. The molecule has 1 aromatic carbocycles. The molecule has 1 saturated heterocycles. The zero-order chi connectivity index (χ0) is 23.8. The average Bonchev–Trinajstić information content (AvgIpc) is 3.53. The summed E-state index contributed by atoms with van der Waals surface area (Å²) in [5, 5.41) is 3.17. The predicted octanol–water partition coefficient (Wildman–Crippen LogP) is 3.74. The van der Waals surface area contributed by atoms with Crippen LogP contribution in [0.25, 0.3) is 37.9 Å². The van der Waals surface area contributed by atoms with Crippen molar-refractivity contribution in [3.05, 3.63) is 71.3 Å². The number of fused-ring (bicyclic) bond motifs is 1. The number of anilines is 1. The van der Waals surface area contributed by atoms with Crippen LogP contribution in [0.3, 0.4) is 0 Å². The number of rotatable bonds is 5. The summed E-state index contributed by atoms with van der Waals surface area (Å²) in [6, 6.07) is 15.1. The molecule has 1 fully saturated rings. The summed E-state index contributed by atoms with van der Waals surface area (Å²) >= 11 is 1.64. The van der Waals surface area contributed by atoms with Crippen LogP contribution in [0.4, 0.5) is 5.82 Å². The first-order chi connectivity index (χ1) is 17.2. The molecule has 0 bridgehead atoms. The summed E-state index contributed by atoms with van der Waals surface area (Å²) in [6.45, 7) is 2.71. The van der Waals surface area contributed by atoms with E-state index in [0.29, 0.717) is 30.6 Å². The molecule has 10 heteroatoms. The van der Waals surface area contributed by atoms with Gasteiger partial charge in [-0.05, 0) is 35.9 Å². The monoisotopic (exact) mass is 486 g/mol. The van der Waals surface area contributed by atoms with E-state index in [0.717, 1.165) is 45.1 Å². The van der Waals surface area contributed by atoms with E-state index in [9.17, 15) is 4.79 Å². The van der Waals surface area contributed by atoms with Crippen LogP contribution in [0.15, 0.2) is 65.7 Å². The highest BCUT2D eigenvalue weighted by molar-refractivity contribution is 7.22. The van der Waals surface area contributed by atoms with Gasteiger partial charge in [0.05, 0.1) is 36.2 Å². The van der Waals surface area contributed by atoms with Gasteiger partial charge in [0.2, 0.25) is 0 Å². The Bertz CT molecular complexity index is 1550. The minimum Gasteiger partial charge on any atom is -0.497 e. The van der Waals surface area contributed by atoms with Crippen LogP contribution in [-0.2, 0) is 4.74 Å². The molecule has 0 spiro atoms. The van der Waals surface area contributed by atoms with Crippen LogP contribution in [0.5, 0.6) is 5.75 Å². The standard InChI is InChI=1S/C25H22N6O3S/c1-33-18-4-2-3-17(13-18)19-15-22(32)31(29-19)25-27-20-14-21(16-5-7-26-8-6-16)35-23(20)24(28-25)30-9-11-34-12-10-30/h2-8,13-15,29H,9-12H2,1H3. The number of methoxy groups -OCH3 is 1. The fourth-order valence-electron chi connectivity index (χ4n) is 4.13. The zero-order valence-electron chi connectivity index (χ0n) is 19.0. The summed E-state index contributed by atoms with van der Waals surface area (Å²) in [7, 11) is 1.62. The number of nitrogens with one attached hydrogen (secondary N) is 1. The van der Waals surface area contributed by atoms with Crippen molar-refractivity contribution in [3.63, 3.8) is 0 Å². The lowest BCUT2D eigenvalue weighted by Gasteiger charge is -2.28. The molecule has 6 rings (SSSR count). The Balaban J connectivity index is 1.49. The number of nitrogens with zero attached hydrogens (tertiary/aromatic N) is 5. The van der Waals surface area contributed by atoms with Crippen molar-refractivity contribution in [2.75, 3.05) is 38.3 Å². The number of hydrogen-bond acceptors (Lipinski definition) is 8. The molecule has 0 atom stereocenters. The Morgan fingerprint density at radius 2 is 1.86 bits per heavy atom. The summed E-state index contributed by atoms with van der Waals surface area (Å²) in [5.74, 6) is 1.82. The maximum atomic E-state index is 13.0. The van der Waals surface area contributed by atoms with Crippen molar-refractivity contribution in [1.29, 1.82) is 0 Å². The third-order valence-electron chi connectivity index (χ3n) is 5.92. The molecule has 5 aromatic rings. The number of thiophene rings is 1. The molecule has 176 valence electrons. The van der Waals surface area contributed by atoms with Gasteiger partial charge in [-0.25, -0.2) is 4.98 Å². The van der Waals surface area contributed by atoms with Crippen LogP contribution < -0.4 is 15.2 Å². The Hall–Kier alpha value is -4.02. The normalized spacial score (nSPS) is 13.9. The van der Waals surface area contributed by atoms with E-state index < -0.39 is 0 Å². The van der Waals surface area contributed by atoms with Gasteiger partial charge in [0.1, 0.15) is 5.75 Å². The molecule has 1 aliphatic rings. The molecule has 0 amide bonds. The minimum absolute atomic E-state index is 0.236. The van der Waals surface area contributed by atoms with Crippen LogP contribution in [0.2, 0.25) is 0 Å². The van der Waals surface area contributed by atoms with E-state index in [1.165, 1.54) is 4.68 Å². The van der Waals surface area contributed by atoms with E-state index in [-0.39, 0.29) is 5.56 Å². The maximum absolute atomic E-state index is 13.0. The number of hydrogen-bond donors (Lipinski definition) is 1. The second kappa shape index (κ2) is 8.97. The smallest absolute Gasteiger partial charge is 0.274 e. The molecular weight excluding hydrogens is 464 g/mol. The van der Waals surface area contributed by atoms with E-state index in [1.807, 2.05) is 42.5 Å². The number of H-pyrrole nitrogens is 1. The molecule has 9 nitrogen and oxygen atoms in total. The van der Waals surface area contributed by atoms with Crippen molar-refractivity contribution < 1.29 is 9.47 Å². The molecule has 1 aliphatic heterocycles. The largest absolute Gasteiger partial charge is 0.497 e. The summed E-state index contributed by atoms with van der Waals surface area (Å²) in [6.07, 6.45) is 3.55. The van der Waals surface area contributed by atoms with Gasteiger partial charge in [0.15, 0.2) is 5.82 Å². The summed E-state index contributed by atoms with van der Waals surface area (Å²) in [4.78, 5) is 30.0. The molecule has 4 aromatic heterocycles. The topological polar surface area (TPSA) is 98.2 Å². The van der Waals surface area contributed by atoms with Crippen LogP contribution >= 0.6 is 11.3 Å².